The van der Waals surface area contributed by atoms with Crippen LogP contribution in [0, 0.1) is 23.7 Å². The van der Waals surface area contributed by atoms with Gasteiger partial charge >= 0.3 is 0 Å². The Morgan fingerprint density at radius 2 is 1.19 bits per heavy atom. The Hall–Kier alpha value is -2.00. The van der Waals surface area contributed by atoms with Crippen LogP contribution in [-0.2, 0) is 12.8 Å². The van der Waals surface area contributed by atoms with Gasteiger partial charge in [-0.2, -0.15) is 0 Å². The highest BCUT2D eigenvalue weighted by atomic mass is 14.3. The lowest BCUT2D eigenvalue weighted by molar-refractivity contribution is 0.261. The van der Waals surface area contributed by atoms with Crippen molar-refractivity contribution in [3.8, 4) is 11.8 Å². The molecular weight excluding hydrogens is 324 g/mol. The van der Waals surface area contributed by atoms with E-state index in [0.717, 1.165) is 29.4 Å². The Bertz CT molecular complexity index is 731. The van der Waals surface area contributed by atoms with Gasteiger partial charge in [-0.3, -0.25) is 0 Å². The lowest BCUT2D eigenvalue weighted by Gasteiger charge is -2.28. The van der Waals surface area contributed by atoms with Gasteiger partial charge in [0.1, 0.15) is 0 Å². The number of hydrogen-bond donors (Lipinski definition) is 0. The van der Waals surface area contributed by atoms with Crippen molar-refractivity contribution in [2.75, 3.05) is 0 Å². The Morgan fingerprint density at radius 1 is 0.667 bits per heavy atom. The molecule has 0 heterocycles. The van der Waals surface area contributed by atoms with Gasteiger partial charge in [-0.15, -0.1) is 0 Å². The first-order valence-electron chi connectivity index (χ1n) is 11.0. The van der Waals surface area contributed by atoms with E-state index in [1.165, 1.54) is 62.5 Å². The Balaban J connectivity index is 1.52. The number of benzene rings is 2. The third-order valence-corrected chi connectivity index (χ3v) is 5.99. The molecule has 0 saturated heterocycles. The largest absolute Gasteiger partial charge is 0.0654 e. The first kappa shape index (κ1) is 19.8. The molecule has 0 bridgehead atoms. The molecule has 0 heteroatoms. The summed E-state index contributed by atoms with van der Waals surface area (Å²) in [5, 5.41) is 0. The van der Waals surface area contributed by atoms with Gasteiger partial charge in [-0.1, -0.05) is 82.1 Å². The van der Waals surface area contributed by atoms with Crippen LogP contribution in [0.3, 0.4) is 0 Å². The molecule has 27 heavy (non-hydrogen) atoms. The van der Waals surface area contributed by atoms with E-state index in [9.17, 15) is 0 Å². The number of rotatable bonds is 6. The fraction of sp³-hybridized carbons (Fsp3) is 0.481. The summed E-state index contributed by atoms with van der Waals surface area (Å²) >= 11 is 0. The fourth-order valence-electron chi connectivity index (χ4n) is 4.38. The monoisotopic (exact) mass is 358 g/mol. The summed E-state index contributed by atoms with van der Waals surface area (Å²) in [4.78, 5) is 0. The minimum absolute atomic E-state index is 0.886. The molecular formula is C27H34. The van der Waals surface area contributed by atoms with Crippen molar-refractivity contribution in [3.05, 3.63) is 70.8 Å². The normalized spacial score (nSPS) is 19.3. The molecule has 0 amide bonds. The third kappa shape index (κ3) is 6.28. The highest BCUT2D eigenvalue weighted by Crippen LogP contribution is 2.33. The SMILES string of the molecule is CCCc1ccc(C#Cc2ccc(CC3CCC(CCC)CC3)cc2)cc1. The Labute approximate surface area is 166 Å². The zero-order valence-corrected chi connectivity index (χ0v) is 17.1. The van der Waals surface area contributed by atoms with E-state index in [2.05, 4.69) is 74.2 Å². The summed E-state index contributed by atoms with van der Waals surface area (Å²) in [6.45, 7) is 4.53. The molecule has 0 N–H and O–H groups in total. The van der Waals surface area contributed by atoms with Crippen LogP contribution in [0.15, 0.2) is 48.5 Å². The second kappa shape index (κ2) is 10.4. The molecule has 1 aliphatic carbocycles. The molecule has 0 unspecified atom stereocenters. The Kier molecular flexibility index (Phi) is 7.58. The van der Waals surface area contributed by atoms with E-state index >= 15 is 0 Å². The Morgan fingerprint density at radius 3 is 1.70 bits per heavy atom. The molecule has 1 aliphatic rings. The maximum absolute atomic E-state index is 3.31. The van der Waals surface area contributed by atoms with Crippen LogP contribution >= 0.6 is 0 Å². The van der Waals surface area contributed by atoms with Gasteiger partial charge in [0.05, 0.1) is 0 Å². The van der Waals surface area contributed by atoms with E-state index in [-0.39, 0.29) is 0 Å². The zero-order chi connectivity index (χ0) is 18.9. The van der Waals surface area contributed by atoms with E-state index in [0.29, 0.717) is 0 Å². The van der Waals surface area contributed by atoms with Crippen molar-refractivity contribution in [1.82, 2.24) is 0 Å². The molecule has 0 radical (unpaired) electrons. The van der Waals surface area contributed by atoms with Crippen LogP contribution < -0.4 is 0 Å². The van der Waals surface area contributed by atoms with Gasteiger partial charge in [0.2, 0.25) is 0 Å². The molecule has 2 aromatic carbocycles. The molecule has 0 aromatic heterocycles. The number of aryl methyl sites for hydroxylation is 1. The van der Waals surface area contributed by atoms with Gasteiger partial charge in [0.25, 0.3) is 0 Å². The van der Waals surface area contributed by atoms with E-state index in [4.69, 9.17) is 0 Å². The highest BCUT2D eigenvalue weighted by molar-refractivity contribution is 5.44. The van der Waals surface area contributed by atoms with Gasteiger partial charge in [0.15, 0.2) is 0 Å². The van der Waals surface area contributed by atoms with Gasteiger partial charge < -0.3 is 0 Å². The molecule has 0 nitrogen and oxygen atoms in total. The average molecular weight is 359 g/mol. The van der Waals surface area contributed by atoms with Crippen LogP contribution in [0.4, 0.5) is 0 Å². The smallest absolute Gasteiger partial charge is 0.0249 e. The maximum atomic E-state index is 3.31. The lowest BCUT2D eigenvalue weighted by atomic mass is 9.78. The zero-order valence-electron chi connectivity index (χ0n) is 17.1. The molecule has 1 saturated carbocycles. The molecule has 0 atom stereocenters. The van der Waals surface area contributed by atoms with Crippen LogP contribution in [-0.4, -0.2) is 0 Å². The van der Waals surface area contributed by atoms with E-state index in [1.807, 2.05) is 0 Å². The molecule has 1 fully saturated rings. The molecule has 0 aliphatic heterocycles. The minimum atomic E-state index is 0.886. The third-order valence-electron chi connectivity index (χ3n) is 5.99. The summed E-state index contributed by atoms with van der Waals surface area (Å²) in [6.07, 6.45) is 12.1. The first-order chi connectivity index (χ1) is 13.3. The topological polar surface area (TPSA) is 0 Å². The van der Waals surface area contributed by atoms with Crippen molar-refractivity contribution < 1.29 is 0 Å². The van der Waals surface area contributed by atoms with Crippen LogP contribution in [0.2, 0.25) is 0 Å². The predicted molar refractivity (Wildman–Crippen MR) is 117 cm³/mol. The van der Waals surface area contributed by atoms with Crippen molar-refractivity contribution in [1.29, 1.82) is 0 Å². The summed E-state index contributed by atoms with van der Waals surface area (Å²) in [5.74, 6) is 8.50. The van der Waals surface area contributed by atoms with Crippen molar-refractivity contribution in [2.24, 2.45) is 11.8 Å². The first-order valence-corrected chi connectivity index (χ1v) is 11.0. The van der Waals surface area contributed by atoms with Gasteiger partial charge in [0, 0.05) is 11.1 Å². The van der Waals surface area contributed by atoms with Crippen LogP contribution in [0.1, 0.15) is 81.0 Å². The lowest BCUT2D eigenvalue weighted by Crippen LogP contribution is -2.16. The van der Waals surface area contributed by atoms with E-state index < -0.39 is 0 Å². The molecule has 0 spiro atoms. The summed E-state index contributed by atoms with van der Waals surface area (Å²) in [5.41, 5.74) is 5.09. The van der Waals surface area contributed by atoms with E-state index in [1.54, 1.807) is 0 Å². The number of hydrogen-bond acceptors (Lipinski definition) is 0. The second-order valence-corrected chi connectivity index (χ2v) is 8.27. The summed E-state index contributed by atoms with van der Waals surface area (Å²) < 4.78 is 0. The van der Waals surface area contributed by atoms with Crippen molar-refractivity contribution in [3.63, 3.8) is 0 Å². The summed E-state index contributed by atoms with van der Waals surface area (Å²) in [6, 6.07) is 17.6. The van der Waals surface area contributed by atoms with Crippen LogP contribution in [0.25, 0.3) is 0 Å². The van der Waals surface area contributed by atoms with Gasteiger partial charge in [-0.05, 0) is 72.9 Å². The summed E-state index contributed by atoms with van der Waals surface area (Å²) in [7, 11) is 0. The molecule has 3 rings (SSSR count). The van der Waals surface area contributed by atoms with Gasteiger partial charge in [-0.25, -0.2) is 0 Å². The molecule has 142 valence electrons. The maximum Gasteiger partial charge on any atom is 0.0249 e. The minimum Gasteiger partial charge on any atom is -0.0654 e. The fourth-order valence-corrected chi connectivity index (χ4v) is 4.38. The predicted octanol–water partition coefficient (Wildman–Crippen LogP) is 7.19. The molecule has 2 aromatic rings. The van der Waals surface area contributed by atoms with Crippen LogP contribution in [0.5, 0.6) is 0 Å². The van der Waals surface area contributed by atoms with Crippen molar-refractivity contribution in [2.45, 2.75) is 71.6 Å². The highest BCUT2D eigenvalue weighted by Gasteiger charge is 2.20. The average Bonchev–Trinajstić information content (AvgIpc) is 2.70. The quantitative estimate of drug-likeness (QED) is 0.479. The standard InChI is InChI=1S/C27H34/c1-3-5-22-7-9-24(10-8-22)11-12-25-15-19-27(20-16-25)21-26-17-13-23(6-4-2)14-18-26/h7-10,15-16,19-20,23,26H,3-6,13-14,17-18,21H2,1-2H3. The van der Waals surface area contributed by atoms with Crippen molar-refractivity contribution >= 4 is 0 Å². The second-order valence-electron chi connectivity index (χ2n) is 8.27.